The third kappa shape index (κ3) is 5.05. The third-order valence-corrected chi connectivity index (χ3v) is 11.3. The Kier molecular flexibility index (Phi) is 7.14. The number of imide groups is 1. The van der Waals surface area contributed by atoms with E-state index in [-0.39, 0.29) is 43.7 Å². The van der Waals surface area contributed by atoms with Crippen LogP contribution in [0.25, 0.3) is 0 Å². The monoisotopic (exact) mass is 664 g/mol. The van der Waals surface area contributed by atoms with E-state index in [9.17, 15) is 27.6 Å². The molecule has 0 radical (unpaired) electrons. The Bertz CT molecular complexity index is 1870. The molecule has 230 valence electrons. The molecule has 0 aromatic heterocycles. The lowest BCUT2D eigenvalue weighted by Crippen LogP contribution is -2.52. The molecule has 9 nitrogen and oxygen atoms in total. The fraction of sp³-hybridized carbons (Fsp3) is 0.273. The van der Waals surface area contributed by atoms with E-state index < -0.39 is 52.0 Å². The molecule has 0 N–H and O–H groups in total. The first kappa shape index (κ1) is 29.7. The SMILES string of the molecule is Cc1ccc(S(=O)(=O)Oc2ccc(C(=O)CN(C(=O)c3ccc(Cl)c(Cl)c3)N3C(=O)[C@@H]4[C@H]5C=C[C@@H]([C@@H]6C[C@H]56)[C@H]4C3=O)cc2)cc1. The molecular formula is C33H26Cl2N2O7S. The number of ketones is 1. The van der Waals surface area contributed by atoms with Crippen molar-refractivity contribution in [2.24, 2.45) is 35.5 Å². The van der Waals surface area contributed by atoms with Gasteiger partial charge in [0.15, 0.2) is 5.78 Å². The second-order valence-electron chi connectivity index (χ2n) is 11.9. The van der Waals surface area contributed by atoms with Crippen molar-refractivity contribution in [2.75, 3.05) is 6.54 Å². The van der Waals surface area contributed by atoms with Crippen LogP contribution in [0.15, 0.2) is 83.8 Å². The lowest BCUT2D eigenvalue weighted by molar-refractivity contribution is -0.154. The number of carbonyl (C=O) groups is 4. The average molecular weight is 666 g/mol. The van der Waals surface area contributed by atoms with Crippen LogP contribution in [-0.2, 0) is 19.7 Å². The van der Waals surface area contributed by atoms with E-state index in [0.29, 0.717) is 11.8 Å². The van der Waals surface area contributed by atoms with Crippen molar-refractivity contribution < 1.29 is 31.8 Å². The summed E-state index contributed by atoms with van der Waals surface area (Å²) in [6.07, 6.45) is 5.02. The van der Waals surface area contributed by atoms with Gasteiger partial charge in [-0.05, 0) is 91.6 Å². The number of carbonyl (C=O) groups excluding carboxylic acids is 4. The van der Waals surface area contributed by atoms with Gasteiger partial charge in [-0.15, -0.1) is 0 Å². The van der Waals surface area contributed by atoms with Crippen LogP contribution in [0.5, 0.6) is 5.75 Å². The molecule has 0 spiro atoms. The number of benzene rings is 3. The molecular weight excluding hydrogens is 639 g/mol. The van der Waals surface area contributed by atoms with E-state index in [1.807, 2.05) is 19.1 Å². The topological polar surface area (TPSA) is 118 Å². The highest BCUT2D eigenvalue weighted by molar-refractivity contribution is 7.87. The van der Waals surface area contributed by atoms with Crippen LogP contribution in [0.4, 0.5) is 0 Å². The Morgan fingerprint density at radius 3 is 2.00 bits per heavy atom. The zero-order chi connectivity index (χ0) is 31.8. The molecule has 2 saturated carbocycles. The van der Waals surface area contributed by atoms with E-state index in [4.69, 9.17) is 27.4 Å². The van der Waals surface area contributed by atoms with Crippen LogP contribution in [-0.4, -0.2) is 48.5 Å². The Hall–Kier alpha value is -3.99. The molecule has 3 aromatic rings. The van der Waals surface area contributed by atoms with Crippen molar-refractivity contribution >= 4 is 56.8 Å². The molecule has 1 aliphatic heterocycles. The summed E-state index contributed by atoms with van der Waals surface area (Å²) in [5, 5.41) is 2.05. The number of nitrogens with zero attached hydrogens (tertiary/aromatic N) is 2. The number of amides is 3. The number of hydrazine groups is 1. The molecule has 2 bridgehead atoms. The zero-order valence-corrected chi connectivity index (χ0v) is 26.1. The fourth-order valence-electron chi connectivity index (χ4n) is 6.99. The molecule has 4 aliphatic carbocycles. The maximum atomic E-state index is 13.9. The number of halogens is 2. The predicted molar refractivity (Wildman–Crippen MR) is 164 cm³/mol. The fourth-order valence-corrected chi connectivity index (χ4v) is 8.22. The number of allylic oxidation sites excluding steroid dienone is 2. The van der Waals surface area contributed by atoms with Gasteiger partial charge in [-0.3, -0.25) is 19.2 Å². The van der Waals surface area contributed by atoms with Crippen molar-refractivity contribution in [3.05, 3.63) is 106 Å². The van der Waals surface area contributed by atoms with E-state index in [1.54, 1.807) is 12.1 Å². The highest BCUT2D eigenvalue weighted by Gasteiger charge is 2.68. The molecule has 5 aliphatic rings. The van der Waals surface area contributed by atoms with E-state index in [0.717, 1.165) is 22.0 Å². The Morgan fingerprint density at radius 1 is 0.844 bits per heavy atom. The highest BCUT2D eigenvalue weighted by Crippen LogP contribution is 2.65. The minimum atomic E-state index is -4.11. The summed E-state index contributed by atoms with van der Waals surface area (Å²) in [4.78, 5) is 55.2. The number of Topliss-reactive ketones (excluding diaryl/α,β-unsaturated/α-hetero) is 1. The molecule has 0 unspecified atom stereocenters. The number of hydrogen-bond donors (Lipinski definition) is 0. The Morgan fingerprint density at radius 2 is 1.42 bits per heavy atom. The smallest absolute Gasteiger partial charge is 0.339 e. The van der Waals surface area contributed by atoms with E-state index in [1.165, 1.54) is 54.6 Å². The van der Waals surface area contributed by atoms with Crippen LogP contribution < -0.4 is 4.18 Å². The first-order chi connectivity index (χ1) is 21.4. The van der Waals surface area contributed by atoms with Crippen LogP contribution in [0.1, 0.15) is 32.7 Å². The summed E-state index contributed by atoms with van der Waals surface area (Å²) in [7, 11) is -4.11. The van der Waals surface area contributed by atoms with Gasteiger partial charge in [0, 0.05) is 11.1 Å². The van der Waals surface area contributed by atoms with Gasteiger partial charge in [-0.25, -0.2) is 5.01 Å². The van der Waals surface area contributed by atoms with Gasteiger partial charge in [-0.2, -0.15) is 13.4 Å². The molecule has 3 aromatic carbocycles. The summed E-state index contributed by atoms with van der Waals surface area (Å²) in [6, 6.07) is 15.7. The number of rotatable bonds is 8. The van der Waals surface area contributed by atoms with Crippen molar-refractivity contribution in [1.82, 2.24) is 10.0 Å². The van der Waals surface area contributed by atoms with Crippen LogP contribution in [0.3, 0.4) is 0 Å². The van der Waals surface area contributed by atoms with E-state index >= 15 is 0 Å². The third-order valence-electron chi connectivity index (χ3n) is 9.27. The quantitative estimate of drug-likeness (QED) is 0.138. The molecule has 3 amide bonds. The zero-order valence-electron chi connectivity index (χ0n) is 23.8. The summed E-state index contributed by atoms with van der Waals surface area (Å²) in [6.45, 7) is 1.20. The second kappa shape index (κ2) is 10.8. The van der Waals surface area contributed by atoms with Gasteiger partial charge in [-0.1, -0.05) is 53.1 Å². The summed E-state index contributed by atoms with van der Waals surface area (Å²) >= 11 is 12.2. The molecule has 3 fully saturated rings. The summed E-state index contributed by atoms with van der Waals surface area (Å²) in [5.41, 5.74) is 1.04. The predicted octanol–water partition coefficient (Wildman–Crippen LogP) is 5.36. The molecule has 45 heavy (non-hydrogen) atoms. The minimum absolute atomic E-state index is 0.0219. The lowest BCUT2D eigenvalue weighted by Gasteiger charge is -2.37. The molecule has 1 heterocycles. The van der Waals surface area contributed by atoms with Crippen LogP contribution in [0.2, 0.25) is 10.0 Å². The van der Waals surface area contributed by atoms with E-state index in [2.05, 4.69) is 0 Å². The van der Waals surface area contributed by atoms with Gasteiger partial charge in [0.1, 0.15) is 17.2 Å². The maximum Gasteiger partial charge on any atom is 0.339 e. The van der Waals surface area contributed by atoms with Gasteiger partial charge in [0.2, 0.25) is 0 Å². The van der Waals surface area contributed by atoms with Gasteiger partial charge in [0.25, 0.3) is 17.7 Å². The normalized spacial score (nSPS) is 26.0. The molecule has 6 atom stereocenters. The standard InChI is InChI=1S/C33H26Cl2N2O7S/c1-17-2-9-21(10-3-17)45(42,43)44-20-7-4-18(5-8-20)28(38)16-36(31(39)19-6-13-26(34)27(35)14-19)37-32(40)29-22-11-12-23(25-15-24(22)25)30(29)33(37)41/h2-14,22-25,29-30H,15-16H2,1H3/t22-,23-,24-,25+,29+,30+/m0/s1. The van der Waals surface area contributed by atoms with Crippen molar-refractivity contribution in [2.45, 2.75) is 18.2 Å². The number of hydrogen-bond acceptors (Lipinski definition) is 7. The largest absolute Gasteiger partial charge is 0.379 e. The summed E-state index contributed by atoms with van der Waals surface area (Å²) < 4.78 is 30.6. The first-order valence-corrected chi connectivity index (χ1v) is 16.6. The Balaban J connectivity index is 1.16. The molecule has 8 rings (SSSR count). The van der Waals surface area contributed by atoms with Gasteiger partial charge >= 0.3 is 10.1 Å². The average Bonchev–Trinajstić information content (AvgIpc) is 3.80. The Labute approximate surface area is 269 Å². The van der Waals surface area contributed by atoms with Crippen molar-refractivity contribution in [1.29, 1.82) is 0 Å². The second-order valence-corrected chi connectivity index (χ2v) is 14.3. The molecule has 12 heteroatoms. The van der Waals surface area contributed by atoms with Gasteiger partial charge in [0.05, 0.1) is 21.9 Å². The molecule has 1 saturated heterocycles. The van der Waals surface area contributed by atoms with Crippen molar-refractivity contribution in [3.8, 4) is 5.75 Å². The minimum Gasteiger partial charge on any atom is -0.379 e. The van der Waals surface area contributed by atoms with Crippen LogP contribution in [0, 0.1) is 42.4 Å². The highest BCUT2D eigenvalue weighted by atomic mass is 35.5. The van der Waals surface area contributed by atoms with Crippen LogP contribution >= 0.6 is 23.2 Å². The lowest BCUT2D eigenvalue weighted by atomic mass is 9.63. The first-order valence-electron chi connectivity index (χ1n) is 14.4. The van der Waals surface area contributed by atoms with Crippen molar-refractivity contribution in [3.63, 3.8) is 0 Å². The maximum absolute atomic E-state index is 13.9. The van der Waals surface area contributed by atoms with Gasteiger partial charge < -0.3 is 4.18 Å². The summed E-state index contributed by atoms with van der Waals surface area (Å²) in [5.74, 6) is -2.98. The number of aryl methyl sites for hydroxylation is 1.